The largest absolute Gasteiger partial charge is 0.395 e. The van der Waals surface area contributed by atoms with Gasteiger partial charge in [0.15, 0.2) is 0 Å². The molecule has 0 fully saturated rings. The van der Waals surface area contributed by atoms with E-state index in [4.69, 9.17) is 10.8 Å². The van der Waals surface area contributed by atoms with E-state index < -0.39 is 0 Å². The number of nitrogens with one attached hydrogen (secondary N) is 1. The predicted octanol–water partition coefficient (Wildman–Crippen LogP) is 7.36. The zero-order valence-corrected chi connectivity index (χ0v) is 20.5. The van der Waals surface area contributed by atoms with E-state index >= 15 is 0 Å². The van der Waals surface area contributed by atoms with E-state index in [0.29, 0.717) is 0 Å². The van der Waals surface area contributed by atoms with Crippen LogP contribution in [0.3, 0.4) is 0 Å². The summed E-state index contributed by atoms with van der Waals surface area (Å²) in [6.45, 7) is 7.49. The van der Waals surface area contributed by atoms with E-state index in [1.54, 1.807) is 0 Å². The minimum atomic E-state index is 0.262. The average Bonchev–Trinajstić information content (AvgIpc) is 2.74. The molecule has 0 radical (unpaired) electrons. The van der Waals surface area contributed by atoms with Gasteiger partial charge >= 0.3 is 0 Å². The Morgan fingerprint density at radius 1 is 0.483 bits per heavy atom. The van der Waals surface area contributed by atoms with Crippen LogP contribution in [-0.2, 0) is 0 Å². The Morgan fingerprint density at radius 2 is 0.828 bits per heavy atom. The van der Waals surface area contributed by atoms with Crippen LogP contribution in [0.15, 0.2) is 0 Å². The first kappa shape index (κ1) is 31.1. The van der Waals surface area contributed by atoms with Crippen molar-refractivity contribution in [3.8, 4) is 0 Å². The van der Waals surface area contributed by atoms with Crippen LogP contribution in [0.5, 0.6) is 0 Å². The van der Waals surface area contributed by atoms with Crippen LogP contribution in [0.25, 0.3) is 0 Å². The quantitative estimate of drug-likeness (QED) is 0.153. The van der Waals surface area contributed by atoms with Gasteiger partial charge in [-0.2, -0.15) is 0 Å². The molecule has 0 saturated carbocycles. The molecule has 0 bridgehead atoms. The normalized spacial score (nSPS) is 10.8. The summed E-state index contributed by atoms with van der Waals surface area (Å²) in [6, 6.07) is 0. The fourth-order valence-corrected chi connectivity index (χ4v) is 3.57. The van der Waals surface area contributed by atoms with E-state index in [1.165, 1.54) is 128 Å². The first-order chi connectivity index (χ1) is 14.3. The summed E-state index contributed by atoms with van der Waals surface area (Å²) in [5.74, 6) is 0. The van der Waals surface area contributed by atoms with E-state index in [0.717, 1.165) is 19.6 Å². The van der Waals surface area contributed by atoms with E-state index in [2.05, 4.69) is 19.2 Å². The summed E-state index contributed by atoms with van der Waals surface area (Å²) in [7, 11) is 0. The molecule has 0 saturated heterocycles. The number of nitrogens with two attached hydrogens (primary N) is 1. The molecular formula is C26H58N2O. The van der Waals surface area contributed by atoms with Crippen LogP contribution < -0.4 is 11.1 Å². The first-order valence-electron chi connectivity index (χ1n) is 13.3. The molecule has 0 amide bonds. The van der Waals surface area contributed by atoms with Gasteiger partial charge in [0.25, 0.3) is 0 Å². The number of aliphatic hydroxyl groups is 1. The number of unbranched alkanes of at least 4 members (excludes halogenated alkanes) is 18. The van der Waals surface area contributed by atoms with Crippen molar-refractivity contribution in [1.29, 1.82) is 0 Å². The fraction of sp³-hybridized carbons (Fsp3) is 1.00. The second-order valence-electron chi connectivity index (χ2n) is 8.63. The molecule has 178 valence electrons. The Labute approximate surface area is 185 Å². The second kappa shape index (κ2) is 32.5. The van der Waals surface area contributed by atoms with Crippen molar-refractivity contribution in [3.63, 3.8) is 0 Å². The molecule has 0 aliphatic heterocycles. The molecule has 0 aromatic rings. The van der Waals surface area contributed by atoms with Crippen LogP contribution in [-0.4, -0.2) is 31.3 Å². The molecule has 0 aromatic carbocycles. The molecule has 29 heavy (non-hydrogen) atoms. The van der Waals surface area contributed by atoms with Gasteiger partial charge in [-0.3, -0.25) is 0 Å². The van der Waals surface area contributed by atoms with Crippen molar-refractivity contribution >= 4 is 0 Å². The topological polar surface area (TPSA) is 58.3 Å². The summed E-state index contributed by atoms with van der Waals surface area (Å²) in [6.07, 6.45) is 27.8. The highest BCUT2D eigenvalue weighted by Crippen LogP contribution is 2.11. The number of hydrogen-bond acceptors (Lipinski definition) is 3. The maximum atomic E-state index is 8.57. The third-order valence-corrected chi connectivity index (χ3v) is 5.55. The molecule has 3 heteroatoms. The van der Waals surface area contributed by atoms with Crippen molar-refractivity contribution in [1.82, 2.24) is 5.32 Å². The van der Waals surface area contributed by atoms with Gasteiger partial charge in [0.1, 0.15) is 0 Å². The molecule has 0 aliphatic rings. The monoisotopic (exact) mass is 414 g/mol. The number of aliphatic hydroxyl groups excluding tert-OH is 1. The second-order valence-corrected chi connectivity index (χ2v) is 8.63. The molecule has 0 aromatic heterocycles. The minimum absolute atomic E-state index is 0.262. The molecule has 0 unspecified atom stereocenters. The first-order valence-corrected chi connectivity index (χ1v) is 13.3. The number of hydrogen-bond donors (Lipinski definition) is 3. The molecule has 0 rings (SSSR count). The Balaban J connectivity index is 0. The van der Waals surface area contributed by atoms with Crippen molar-refractivity contribution < 1.29 is 5.11 Å². The average molecular weight is 415 g/mol. The highest BCUT2D eigenvalue weighted by molar-refractivity contribution is 4.50. The van der Waals surface area contributed by atoms with Crippen LogP contribution >= 0.6 is 0 Å². The summed E-state index contributed by atoms with van der Waals surface area (Å²) in [4.78, 5) is 0. The van der Waals surface area contributed by atoms with Crippen molar-refractivity contribution in [2.75, 3.05) is 26.2 Å². The summed E-state index contributed by atoms with van der Waals surface area (Å²) in [5, 5.41) is 11.8. The van der Waals surface area contributed by atoms with Crippen molar-refractivity contribution in [3.05, 3.63) is 0 Å². The zero-order chi connectivity index (χ0) is 21.7. The maximum Gasteiger partial charge on any atom is 0.0555 e. The van der Waals surface area contributed by atoms with Gasteiger partial charge in [-0.05, 0) is 25.9 Å². The maximum absolute atomic E-state index is 8.57. The standard InChI is InChI=1S/C14H31NO.C12H27N/c1-2-3-4-5-6-7-8-9-10-11-12-15-13-14-16;1-2-3-4-5-6-7-8-9-10-11-12-13/h15-16H,2-14H2,1H3;2-13H2,1H3. The molecular weight excluding hydrogens is 356 g/mol. The highest BCUT2D eigenvalue weighted by atomic mass is 16.3. The lowest BCUT2D eigenvalue weighted by molar-refractivity contribution is 0.292. The lowest BCUT2D eigenvalue weighted by atomic mass is 10.1. The third kappa shape index (κ3) is 35.7. The molecule has 0 spiro atoms. The van der Waals surface area contributed by atoms with Gasteiger partial charge in [-0.1, -0.05) is 129 Å². The fourth-order valence-electron chi connectivity index (χ4n) is 3.57. The van der Waals surface area contributed by atoms with Gasteiger partial charge in [0, 0.05) is 6.54 Å². The van der Waals surface area contributed by atoms with Crippen molar-refractivity contribution in [2.45, 2.75) is 142 Å². The van der Waals surface area contributed by atoms with Gasteiger partial charge < -0.3 is 16.2 Å². The van der Waals surface area contributed by atoms with Crippen LogP contribution in [0, 0.1) is 0 Å². The zero-order valence-electron chi connectivity index (χ0n) is 20.5. The Kier molecular flexibility index (Phi) is 34.9. The SMILES string of the molecule is CCCCCCCCCCCCN.CCCCCCCCCCCCNCCO. The molecule has 0 atom stereocenters. The minimum Gasteiger partial charge on any atom is -0.395 e. The Hall–Kier alpha value is -0.120. The molecule has 0 heterocycles. The smallest absolute Gasteiger partial charge is 0.0555 e. The van der Waals surface area contributed by atoms with Crippen LogP contribution in [0.4, 0.5) is 0 Å². The highest BCUT2D eigenvalue weighted by Gasteiger charge is 1.93. The lowest BCUT2D eigenvalue weighted by Crippen LogP contribution is -2.19. The molecule has 0 aliphatic carbocycles. The van der Waals surface area contributed by atoms with E-state index in [-0.39, 0.29) is 6.61 Å². The van der Waals surface area contributed by atoms with E-state index in [9.17, 15) is 0 Å². The number of rotatable bonds is 23. The van der Waals surface area contributed by atoms with E-state index in [1.807, 2.05) is 0 Å². The van der Waals surface area contributed by atoms with Gasteiger partial charge in [0.05, 0.1) is 6.61 Å². The molecule has 4 N–H and O–H groups in total. The van der Waals surface area contributed by atoms with Crippen LogP contribution in [0.1, 0.15) is 142 Å². The van der Waals surface area contributed by atoms with Gasteiger partial charge in [0.2, 0.25) is 0 Å². The van der Waals surface area contributed by atoms with Crippen LogP contribution in [0.2, 0.25) is 0 Å². The lowest BCUT2D eigenvalue weighted by Gasteiger charge is -2.03. The summed E-state index contributed by atoms with van der Waals surface area (Å²) >= 11 is 0. The Morgan fingerprint density at radius 3 is 1.17 bits per heavy atom. The van der Waals surface area contributed by atoms with Gasteiger partial charge in [-0.25, -0.2) is 0 Å². The van der Waals surface area contributed by atoms with Gasteiger partial charge in [-0.15, -0.1) is 0 Å². The summed E-state index contributed by atoms with van der Waals surface area (Å²) < 4.78 is 0. The Bertz CT molecular complexity index is 225. The molecule has 3 nitrogen and oxygen atoms in total. The predicted molar refractivity (Wildman–Crippen MR) is 133 cm³/mol. The van der Waals surface area contributed by atoms with Crippen molar-refractivity contribution in [2.24, 2.45) is 5.73 Å². The third-order valence-electron chi connectivity index (χ3n) is 5.55. The summed E-state index contributed by atoms with van der Waals surface area (Å²) in [5.41, 5.74) is 5.42.